The molecule has 1 heterocycles. The molecule has 0 radical (unpaired) electrons. The van der Waals surface area contributed by atoms with Crippen LogP contribution in [0.15, 0.2) is 23.2 Å². The SMILES string of the molecule is Cc1ccc(-c2nc(/N=C/N(C)C)sc2C)cc1Cl. The molecule has 0 spiro atoms. The van der Waals surface area contributed by atoms with E-state index in [1.165, 1.54) is 0 Å². The number of aliphatic imine (C=N–C) groups is 1. The third-order valence-corrected chi connectivity index (χ3v) is 3.92. The van der Waals surface area contributed by atoms with Crippen LogP contribution in [0, 0.1) is 13.8 Å². The van der Waals surface area contributed by atoms with Crippen LogP contribution >= 0.6 is 22.9 Å². The van der Waals surface area contributed by atoms with Gasteiger partial charge in [0, 0.05) is 29.6 Å². The third-order valence-electron chi connectivity index (χ3n) is 2.63. The van der Waals surface area contributed by atoms with Crippen molar-refractivity contribution in [2.45, 2.75) is 13.8 Å². The van der Waals surface area contributed by atoms with Gasteiger partial charge in [0.25, 0.3) is 0 Å². The summed E-state index contributed by atoms with van der Waals surface area (Å²) in [5.41, 5.74) is 3.07. The van der Waals surface area contributed by atoms with Crippen LogP contribution in [0.3, 0.4) is 0 Å². The number of thiazole rings is 1. The smallest absolute Gasteiger partial charge is 0.211 e. The average Bonchev–Trinajstić information content (AvgIpc) is 2.72. The zero-order valence-electron chi connectivity index (χ0n) is 11.4. The lowest BCUT2D eigenvalue weighted by atomic mass is 10.1. The molecule has 100 valence electrons. The van der Waals surface area contributed by atoms with Crippen LogP contribution in [-0.2, 0) is 0 Å². The van der Waals surface area contributed by atoms with Gasteiger partial charge < -0.3 is 4.90 Å². The molecule has 0 atom stereocenters. The summed E-state index contributed by atoms with van der Waals surface area (Å²) in [5.74, 6) is 0. The molecule has 1 aromatic heterocycles. The van der Waals surface area contributed by atoms with Crippen LogP contribution in [0.4, 0.5) is 5.13 Å². The van der Waals surface area contributed by atoms with Crippen LogP contribution in [0.1, 0.15) is 10.4 Å². The van der Waals surface area contributed by atoms with E-state index in [4.69, 9.17) is 11.6 Å². The quantitative estimate of drug-likeness (QED) is 0.623. The Kier molecular flexibility index (Phi) is 4.22. The summed E-state index contributed by atoms with van der Waals surface area (Å²) >= 11 is 7.75. The first-order valence-electron chi connectivity index (χ1n) is 5.92. The fourth-order valence-electron chi connectivity index (χ4n) is 1.61. The van der Waals surface area contributed by atoms with Gasteiger partial charge >= 0.3 is 0 Å². The van der Waals surface area contributed by atoms with Gasteiger partial charge in [0.1, 0.15) is 0 Å². The van der Waals surface area contributed by atoms with Gasteiger partial charge in [-0.25, -0.2) is 9.98 Å². The highest BCUT2D eigenvalue weighted by Gasteiger charge is 2.10. The largest absolute Gasteiger partial charge is 0.369 e. The topological polar surface area (TPSA) is 28.5 Å². The molecule has 19 heavy (non-hydrogen) atoms. The van der Waals surface area contributed by atoms with E-state index in [-0.39, 0.29) is 0 Å². The molecule has 0 aliphatic heterocycles. The minimum atomic E-state index is 0.762. The average molecular weight is 294 g/mol. The molecular weight excluding hydrogens is 278 g/mol. The number of aromatic nitrogens is 1. The number of halogens is 1. The highest BCUT2D eigenvalue weighted by Crippen LogP contribution is 2.33. The number of hydrogen-bond donors (Lipinski definition) is 0. The van der Waals surface area contributed by atoms with Crippen LogP contribution in [-0.4, -0.2) is 30.3 Å². The van der Waals surface area contributed by atoms with Crippen LogP contribution in [0.5, 0.6) is 0 Å². The minimum Gasteiger partial charge on any atom is -0.369 e. The Balaban J connectivity index is 2.37. The number of hydrogen-bond acceptors (Lipinski definition) is 3. The summed E-state index contributed by atoms with van der Waals surface area (Å²) in [4.78, 5) is 11.9. The molecule has 2 aromatic rings. The Bertz CT molecular complexity index is 617. The number of nitrogens with zero attached hydrogens (tertiary/aromatic N) is 3. The molecule has 0 aliphatic rings. The van der Waals surface area contributed by atoms with Gasteiger partial charge in [-0.2, -0.15) is 0 Å². The summed E-state index contributed by atoms with van der Waals surface area (Å²) < 4.78 is 0. The molecule has 0 unspecified atom stereocenters. The van der Waals surface area contributed by atoms with Crippen LogP contribution in [0.25, 0.3) is 11.3 Å². The van der Waals surface area contributed by atoms with Gasteiger partial charge in [-0.3, -0.25) is 0 Å². The van der Waals surface area contributed by atoms with Gasteiger partial charge in [0.05, 0.1) is 12.0 Å². The van der Waals surface area contributed by atoms with Gasteiger partial charge in [-0.15, -0.1) is 0 Å². The van der Waals surface area contributed by atoms with E-state index in [1.807, 2.05) is 44.1 Å². The van der Waals surface area contributed by atoms with Crippen molar-refractivity contribution in [3.05, 3.63) is 33.7 Å². The zero-order valence-corrected chi connectivity index (χ0v) is 13.0. The second-order valence-electron chi connectivity index (χ2n) is 4.57. The molecular formula is C14H16ClN3S. The van der Waals surface area contributed by atoms with Gasteiger partial charge in [0.15, 0.2) is 0 Å². The molecule has 0 saturated heterocycles. The predicted molar refractivity (Wildman–Crippen MR) is 83.9 cm³/mol. The maximum Gasteiger partial charge on any atom is 0.211 e. The molecule has 0 amide bonds. The van der Waals surface area contributed by atoms with Gasteiger partial charge in [0.2, 0.25) is 5.13 Å². The van der Waals surface area contributed by atoms with E-state index >= 15 is 0 Å². The lowest BCUT2D eigenvalue weighted by Gasteiger charge is -2.02. The van der Waals surface area contributed by atoms with Crippen LogP contribution < -0.4 is 0 Å². The van der Waals surface area contributed by atoms with Gasteiger partial charge in [-0.1, -0.05) is 35.1 Å². The summed E-state index contributed by atoms with van der Waals surface area (Å²) in [6.45, 7) is 4.04. The minimum absolute atomic E-state index is 0.762. The summed E-state index contributed by atoms with van der Waals surface area (Å²) in [6.07, 6.45) is 1.75. The molecule has 0 fully saturated rings. The molecule has 0 bridgehead atoms. The Hall–Kier alpha value is -1.39. The molecule has 1 aromatic carbocycles. The lowest BCUT2D eigenvalue weighted by Crippen LogP contribution is -2.06. The molecule has 2 rings (SSSR count). The van der Waals surface area contributed by atoms with Crippen molar-refractivity contribution >= 4 is 34.4 Å². The van der Waals surface area contributed by atoms with E-state index < -0.39 is 0 Å². The Morgan fingerprint density at radius 3 is 2.68 bits per heavy atom. The van der Waals surface area contributed by atoms with Crippen LogP contribution in [0.2, 0.25) is 5.02 Å². The Labute approximate surface area is 122 Å². The molecule has 0 N–H and O–H groups in total. The normalized spacial score (nSPS) is 11.2. The van der Waals surface area contributed by atoms with E-state index in [0.29, 0.717) is 0 Å². The summed E-state index contributed by atoms with van der Waals surface area (Å²) in [7, 11) is 3.87. The lowest BCUT2D eigenvalue weighted by molar-refractivity contribution is 0.643. The third kappa shape index (κ3) is 3.33. The van der Waals surface area contributed by atoms with E-state index in [0.717, 1.165) is 31.9 Å². The molecule has 0 aliphatic carbocycles. The van der Waals surface area contributed by atoms with Crippen molar-refractivity contribution in [3.63, 3.8) is 0 Å². The molecule has 5 heteroatoms. The Morgan fingerprint density at radius 1 is 1.32 bits per heavy atom. The van der Waals surface area contributed by atoms with Crippen molar-refractivity contribution in [1.82, 2.24) is 9.88 Å². The summed E-state index contributed by atoms with van der Waals surface area (Å²) in [6, 6.07) is 6.01. The number of benzene rings is 1. The molecule has 0 saturated carbocycles. The fraction of sp³-hybridized carbons (Fsp3) is 0.286. The first-order valence-corrected chi connectivity index (χ1v) is 7.11. The highest BCUT2D eigenvalue weighted by molar-refractivity contribution is 7.15. The van der Waals surface area contributed by atoms with Crippen molar-refractivity contribution in [1.29, 1.82) is 0 Å². The molecule has 3 nitrogen and oxygen atoms in total. The van der Waals surface area contributed by atoms with Crippen molar-refractivity contribution < 1.29 is 0 Å². The maximum atomic E-state index is 6.16. The monoisotopic (exact) mass is 293 g/mol. The second-order valence-corrected chi connectivity index (χ2v) is 6.16. The summed E-state index contributed by atoms with van der Waals surface area (Å²) in [5, 5.41) is 1.53. The standard InChI is InChI=1S/C14H16ClN3S/c1-9-5-6-11(7-12(9)15)13-10(2)19-14(17-13)16-8-18(3)4/h5-8H,1-4H3/b16-8+. The second kappa shape index (κ2) is 5.72. The first kappa shape index (κ1) is 14.0. The van der Waals surface area contributed by atoms with E-state index in [9.17, 15) is 0 Å². The Morgan fingerprint density at radius 2 is 2.05 bits per heavy atom. The van der Waals surface area contributed by atoms with E-state index in [1.54, 1.807) is 17.7 Å². The van der Waals surface area contributed by atoms with Crippen molar-refractivity contribution in [3.8, 4) is 11.3 Å². The van der Waals surface area contributed by atoms with Gasteiger partial charge in [-0.05, 0) is 25.5 Å². The van der Waals surface area contributed by atoms with E-state index in [2.05, 4.69) is 16.9 Å². The first-order chi connectivity index (χ1) is 8.97. The number of aryl methyl sites for hydroxylation is 2. The fourth-order valence-corrected chi connectivity index (χ4v) is 2.56. The maximum absolute atomic E-state index is 6.16. The predicted octanol–water partition coefficient (Wildman–Crippen LogP) is 4.30. The highest BCUT2D eigenvalue weighted by atomic mass is 35.5. The number of rotatable bonds is 3. The van der Waals surface area contributed by atoms with Crippen molar-refractivity contribution in [2.24, 2.45) is 4.99 Å². The zero-order chi connectivity index (χ0) is 14.0. The van der Waals surface area contributed by atoms with Crippen molar-refractivity contribution in [2.75, 3.05) is 14.1 Å².